The molecule has 0 spiro atoms. The minimum absolute atomic E-state index is 0.217. The lowest BCUT2D eigenvalue weighted by Crippen LogP contribution is -2.09. The Hall–Kier alpha value is -3.61. The number of rotatable bonds is 8. The van der Waals surface area contributed by atoms with Gasteiger partial charge < -0.3 is 18.6 Å². The van der Waals surface area contributed by atoms with Crippen LogP contribution in [-0.2, 0) is 9.53 Å². The smallest absolute Gasteiger partial charge is 0.309 e. The molecule has 2 heterocycles. The molecule has 0 unspecified atom stereocenters. The average molecular weight is 419 g/mol. The van der Waals surface area contributed by atoms with Gasteiger partial charge in [-0.3, -0.25) is 4.79 Å². The monoisotopic (exact) mass is 419 g/mol. The number of ether oxygens (including phenoxy) is 2. The van der Waals surface area contributed by atoms with Crippen LogP contribution in [0.15, 0.2) is 59.3 Å². The third kappa shape index (κ3) is 4.60. The Bertz CT molecular complexity index is 1180. The zero-order chi connectivity index (χ0) is 21.8. The van der Waals surface area contributed by atoms with Crippen molar-refractivity contribution in [3.05, 3.63) is 54.7 Å². The quantitative estimate of drug-likeness (QED) is 0.362. The number of aromatic nitrogens is 3. The zero-order valence-electron chi connectivity index (χ0n) is 17.9. The molecular formula is C24H25N3O4. The molecule has 0 aliphatic rings. The number of fused-ring (bicyclic) bond motifs is 1. The number of hydrogen-bond donors (Lipinski definition) is 0. The number of hydrogen-bond acceptors (Lipinski definition) is 6. The number of esters is 1. The van der Waals surface area contributed by atoms with Gasteiger partial charge in [-0.1, -0.05) is 5.16 Å². The van der Waals surface area contributed by atoms with Crippen molar-refractivity contribution < 1.29 is 18.8 Å². The maximum absolute atomic E-state index is 11.4. The summed E-state index contributed by atoms with van der Waals surface area (Å²) in [6, 6.07) is 16.0. The van der Waals surface area contributed by atoms with Crippen molar-refractivity contribution in [3.63, 3.8) is 0 Å². The molecule has 2 aromatic carbocycles. The number of carbonyl (C=O) groups is 1. The minimum atomic E-state index is -0.266. The van der Waals surface area contributed by atoms with E-state index in [1.165, 1.54) is 5.52 Å². The molecule has 0 fully saturated rings. The summed E-state index contributed by atoms with van der Waals surface area (Å²) < 4.78 is 18.2. The standard InChI is InChI=1S/C24H25N3O4/c1-4-29-22(28)12-14-30-20-8-5-17(6-9-20)23-25-24(31-26-23)19-7-10-21-18(15-19)11-13-27(21)16(2)3/h5-11,13,15-16H,4,12,14H2,1-3H3. The van der Waals surface area contributed by atoms with Crippen molar-refractivity contribution in [3.8, 4) is 28.6 Å². The molecule has 0 saturated heterocycles. The van der Waals surface area contributed by atoms with Crippen molar-refractivity contribution >= 4 is 16.9 Å². The van der Waals surface area contributed by atoms with E-state index in [1.807, 2.05) is 30.3 Å². The van der Waals surface area contributed by atoms with Crippen molar-refractivity contribution in [1.82, 2.24) is 14.7 Å². The molecule has 0 aliphatic heterocycles. The first-order valence-electron chi connectivity index (χ1n) is 10.4. The lowest BCUT2D eigenvalue weighted by Gasteiger charge is -2.09. The maximum Gasteiger partial charge on any atom is 0.309 e. The third-order valence-electron chi connectivity index (χ3n) is 4.94. The van der Waals surface area contributed by atoms with Crippen LogP contribution in [0.3, 0.4) is 0 Å². The van der Waals surface area contributed by atoms with Crippen molar-refractivity contribution in [1.29, 1.82) is 0 Å². The van der Waals surface area contributed by atoms with Gasteiger partial charge in [-0.15, -0.1) is 0 Å². The molecule has 2 aromatic heterocycles. The van der Waals surface area contributed by atoms with Crippen LogP contribution in [0.4, 0.5) is 0 Å². The fourth-order valence-corrected chi connectivity index (χ4v) is 3.39. The van der Waals surface area contributed by atoms with Crippen molar-refractivity contribution in [2.24, 2.45) is 0 Å². The Morgan fingerprint density at radius 3 is 2.61 bits per heavy atom. The van der Waals surface area contributed by atoms with Crippen LogP contribution in [-0.4, -0.2) is 33.9 Å². The SMILES string of the molecule is CCOC(=O)CCOc1ccc(-c2noc(-c3ccc4c(ccn4C(C)C)c3)n2)cc1. The van der Waals surface area contributed by atoms with E-state index in [4.69, 9.17) is 14.0 Å². The fraction of sp³-hybridized carbons (Fsp3) is 0.292. The summed E-state index contributed by atoms with van der Waals surface area (Å²) in [4.78, 5) is 15.9. The van der Waals surface area contributed by atoms with Crippen molar-refractivity contribution in [2.75, 3.05) is 13.2 Å². The highest BCUT2D eigenvalue weighted by atomic mass is 16.5. The lowest BCUT2D eigenvalue weighted by molar-refractivity contribution is -0.143. The van der Waals surface area contributed by atoms with Crippen LogP contribution < -0.4 is 4.74 Å². The topological polar surface area (TPSA) is 79.4 Å². The van der Waals surface area contributed by atoms with Crippen LogP contribution in [0.25, 0.3) is 33.7 Å². The van der Waals surface area contributed by atoms with E-state index in [1.54, 1.807) is 6.92 Å². The highest BCUT2D eigenvalue weighted by Gasteiger charge is 2.13. The molecule has 160 valence electrons. The molecule has 0 aliphatic carbocycles. The number of nitrogens with zero attached hydrogens (tertiary/aromatic N) is 3. The summed E-state index contributed by atoms with van der Waals surface area (Å²) in [5.74, 6) is 1.38. The van der Waals surface area contributed by atoms with Crippen molar-refractivity contribution in [2.45, 2.75) is 33.2 Å². The molecule has 0 bridgehead atoms. The molecule has 0 amide bonds. The summed E-state index contributed by atoms with van der Waals surface area (Å²) >= 11 is 0. The Morgan fingerprint density at radius 2 is 1.87 bits per heavy atom. The molecule has 31 heavy (non-hydrogen) atoms. The minimum Gasteiger partial charge on any atom is -0.493 e. The predicted molar refractivity (Wildman–Crippen MR) is 118 cm³/mol. The highest BCUT2D eigenvalue weighted by Crippen LogP contribution is 2.28. The third-order valence-corrected chi connectivity index (χ3v) is 4.94. The fourth-order valence-electron chi connectivity index (χ4n) is 3.39. The number of carbonyl (C=O) groups excluding carboxylic acids is 1. The molecule has 0 saturated carbocycles. The van der Waals surface area contributed by atoms with Gasteiger partial charge in [0.2, 0.25) is 5.82 Å². The van der Waals surface area contributed by atoms with E-state index >= 15 is 0 Å². The van der Waals surface area contributed by atoms with Gasteiger partial charge in [-0.25, -0.2) is 0 Å². The average Bonchev–Trinajstić information content (AvgIpc) is 3.41. The van der Waals surface area contributed by atoms with Gasteiger partial charge in [0, 0.05) is 34.3 Å². The Balaban J connectivity index is 1.45. The van der Waals surface area contributed by atoms with E-state index in [2.05, 4.69) is 53.0 Å². The Morgan fingerprint density at radius 1 is 1.10 bits per heavy atom. The molecule has 4 rings (SSSR count). The predicted octanol–water partition coefficient (Wildman–Crippen LogP) is 5.27. The molecular weight excluding hydrogens is 394 g/mol. The van der Waals surface area contributed by atoms with E-state index in [0.29, 0.717) is 30.1 Å². The first kappa shape index (κ1) is 20.7. The summed E-state index contributed by atoms with van der Waals surface area (Å²) in [5.41, 5.74) is 2.88. The van der Waals surface area contributed by atoms with E-state index in [9.17, 15) is 4.79 Å². The van der Waals surface area contributed by atoms with Crippen LogP contribution in [0.1, 0.15) is 33.2 Å². The zero-order valence-corrected chi connectivity index (χ0v) is 17.9. The van der Waals surface area contributed by atoms with Crippen LogP contribution in [0.2, 0.25) is 0 Å². The van der Waals surface area contributed by atoms with Gasteiger partial charge in [0.1, 0.15) is 5.75 Å². The first-order valence-corrected chi connectivity index (χ1v) is 10.4. The highest BCUT2D eigenvalue weighted by molar-refractivity contribution is 5.84. The molecule has 0 atom stereocenters. The van der Waals surface area contributed by atoms with E-state index in [-0.39, 0.29) is 19.0 Å². The second-order valence-electron chi connectivity index (χ2n) is 7.44. The molecule has 0 radical (unpaired) electrons. The maximum atomic E-state index is 11.4. The van der Waals surface area contributed by atoms with Crippen LogP contribution in [0, 0.1) is 0 Å². The van der Waals surface area contributed by atoms with Gasteiger partial charge in [0.25, 0.3) is 5.89 Å². The summed E-state index contributed by atoms with van der Waals surface area (Å²) in [5, 5.41) is 5.25. The normalized spacial score (nSPS) is 11.2. The first-order chi connectivity index (χ1) is 15.0. The molecule has 7 nitrogen and oxygen atoms in total. The lowest BCUT2D eigenvalue weighted by atomic mass is 10.1. The summed E-state index contributed by atoms with van der Waals surface area (Å²) in [6.45, 7) is 6.75. The molecule has 4 aromatic rings. The van der Waals surface area contributed by atoms with E-state index < -0.39 is 0 Å². The Kier molecular flexibility index (Phi) is 6.02. The van der Waals surface area contributed by atoms with Crippen LogP contribution >= 0.6 is 0 Å². The molecule has 0 N–H and O–H groups in total. The van der Waals surface area contributed by atoms with E-state index in [0.717, 1.165) is 16.5 Å². The number of benzene rings is 2. The van der Waals surface area contributed by atoms with Gasteiger partial charge >= 0.3 is 5.97 Å². The van der Waals surface area contributed by atoms with Gasteiger partial charge in [-0.2, -0.15) is 4.98 Å². The second-order valence-corrected chi connectivity index (χ2v) is 7.44. The van der Waals surface area contributed by atoms with Gasteiger partial charge in [0.15, 0.2) is 0 Å². The second kappa shape index (κ2) is 9.04. The van der Waals surface area contributed by atoms with Crippen LogP contribution in [0.5, 0.6) is 5.75 Å². The molecule has 7 heteroatoms. The summed E-state index contributed by atoms with van der Waals surface area (Å²) in [7, 11) is 0. The van der Waals surface area contributed by atoms with Gasteiger partial charge in [-0.05, 0) is 69.3 Å². The Labute approximate surface area is 180 Å². The largest absolute Gasteiger partial charge is 0.493 e. The summed E-state index contributed by atoms with van der Waals surface area (Å²) in [6.07, 6.45) is 2.31. The van der Waals surface area contributed by atoms with Gasteiger partial charge in [0.05, 0.1) is 19.6 Å².